The summed E-state index contributed by atoms with van der Waals surface area (Å²) in [6, 6.07) is 19.7. The Bertz CT molecular complexity index is 1240. The van der Waals surface area contributed by atoms with Crippen molar-refractivity contribution in [1.29, 1.82) is 0 Å². The Morgan fingerprint density at radius 2 is 1.74 bits per heavy atom. The second kappa shape index (κ2) is 14.1. The second-order valence-electron chi connectivity index (χ2n) is 9.75. The van der Waals surface area contributed by atoms with Gasteiger partial charge in [0.2, 0.25) is 5.91 Å². The van der Waals surface area contributed by atoms with E-state index in [2.05, 4.69) is 44.8 Å². The number of nitrogens with one attached hydrogen (secondary N) is 2. The van der Waals surface area contributed by atoms with Crippen molar-refractivity contribution in [3.8, 4) is 0 Å². The summed E-state index contributed by atoms with van der Waals surface area (Å²) in [7, 11) is 0. The Hall–Kier alpha value is -4.20. The normalized spacial score (nSPS) is 13.5. The van der Waals surface area contributed by atoms with E-state index >= 15 is 0 Å². The minimum absolute atomic E-state index is 0.00807. The molecule has 0 saturated carbocycles. The fourth-order valence-electron chi connectivity index (χ4n) is 4.85. The van der Waals surface area contributed by atoms with E-state index in [9.17, 15) is 14.4 Å². The summed E-state index contributed by atoms with van der Waals surface area (Å²) < 4.78 is 4.90. The Balaban J connectivity index is 1.45. The van der Waals surface area contributed by atoms with Crippen molar-refractivity contribution in [3.05, 3.63) is 89.7 Å². The van der Waals surface area contributed by atoms with Gasteiger partial charge in [0.1, 0.15) is 0 Å². The maximum absolute atomic E-state index is 13.4. The van der Waals surface area contributed by atoms with Crippen LogP contribution in [0.5, 0.6) is 0 Å². The second-order valence-corrected chi connectivity index (χ2v) is 9.75. The Morgan fingerprint density at radius 3 is 2.46 bits per heavy atom. The van der Waals surface area contributed by atoms with Crippen LogP contribution in [0.1, 0.15) is 54.1 Å². The molecule has 0 aliphatic carbocycles. The zero-order valence-corrected chi connectivity index (χ0v) is 22.4. The molecule has 39 heavy (non-hydrogen) atoms. The van der Waals surface area contributed by atoms with Gasteiger partial charge in [-0.1, -0.05) is 36.4 Å². The molecule has 2 N–H and O–H groups in total. The molecular weight excluding hydrogens is 492 g/mol. The van der Waals surface area contributed by atoms with Gasteiger partial charge in [-0.05, 0) is 67.5 Å². The summed E-state index contributed by atoms with van der Waals surface area (Å²) in [6.45, 7) is 4.06. The van der Waals surface area contributed by atoms with Crippen LogP contribution >= 0.6 is 0 Å². The van der Waals surface area contributed by atoms with Gasteiger partial charge in [0.05, 0.1) is 18.6 Å². The van der Waals surface area contributed by atoms with Crippen LogP contribution in [-0.4, -0.2) is 42.5 Å². The maximum atomic E-state index is 13.4. The van der Waals surface area contributed by atoms with Crippen LogP contribution < -0.4 is 15.5 Å². The SMILES string of the molecule is CCOC(=O)CCC(=O)Nc1ccc(N2CCC(Cc3ccccc3)CC2)c(C(=O)NCc2cccnc2)c1. The highest BCUT2D eigenvalue weighted by atomic mass is 16.5. The van der Waals surface area contributed by atoms with Crippen LogP contribution in [0.4, 0.5) is 11.4 Å². The lowest BCUT2D eigenvalue weighted by atomic mass is 9.89. The van der Waals surface area contributed by atoms with Gasteiger partial charge in [-0.25, -0.2) is 0 Å². The smallest absolute Gasteiger partial charge is 0.306 e. The molecule has 1 aliphatic heterocycles. The van der Waals surface area contributed by atoms with E-state index in [-0.39, 0.29) is 31.3 Å². The molecule has 1 aromatic heterocycles. The lowest BCUT2D eigenvalue weighted by Crippen LogP contribution is -2.36. The maximum Gasteiger partial charge on any atom is 0.306 e. The number of esters is 1. The molecule has 0 atom stereocenters. The summed E-state index contributed by atoms with van der Waals surface area (Å²) in [5.41, 5.74) is 4.12. The molecule has 8 nitrogen and oxygen atoms in total. The molecule has 1 saturated heterocycles. The number of hydrogen-bond donors (Lipinski definition) is 2. The number of carbonyl (C=O) groups excluding carboxylic acids is 3. The van der Waals surface area contributed by atoms with Crippen molar-refractivity contribution in [2.45, 2.75) is 45.6 Å². The van der Waals surface area contributed by atoms with Crippen molar-refractivity contribution in [1.82, 2.24) is 10.3 Å². The predicted molar refractivity (Wildman–Crippen MR) is 151 cm³/mol. The topological polar surface area (TPSA) is 101 Å². The third-order valence-corrected chi connectivity index (χ3v) is 6.88. The highest BCUT2D eigenvalue weighted by Crippen LogP contribution is 2.30. The molecular formula is C31H36N4O4. The number of carbonyl (C=O) groups is 3. The van der Waals surface area contributed by atoms with Crippen molar-refractivity contribution in [2.75, 3.05) is 29.9 Å². The number of benzene rings is 2. The van der Waals surface area contributed by atoms with Gasteiger partial charge in [-0.15, -0.1) is 0 Å². The fraction of sp³-hybridized carbons (Fsp3) is 0.355. The fourth-order valence-corrected chi connectivity index (χ4v) is 4.85. The molecule has 0 spiro atoms. The van der Waals surface area contributed by atoms with Crippen molar-refractivity contribution in [2.24, 2.45) is 5.92 Å². The molecule has 204 valence electrons. The summed E-state index contributed by atoms with van der Waals surface area (Å²) in [4.78, 5) is 43.8. The molecule has 4 rings (SSSR count). The first kappa shape index (κ1) is 27.8. The minimum atomic E-state index is -0.408. The van der Waals surface area contributed by atoms with E-state index in [1.807, 2.05) is 30.3 Å². The van der Waals surface area contributed by atoms with Crippen molar-refractivity contribution in [3.63, 3.8) is 0 Å². The van der Waals surface area contributed by atoms with Gasteiger partial charge in [0.15, 0.2) is 0 Å². The average molecular weight is 529 g/mol. The molecule has 3 aromatic rings. The third kappa shape index (κ3) is 8.40. The van der Waals surface area contributed by atoms with Gasteiger partial charge >= 0.3 is 5.97 Å². The number of aromatic nitrogens is 1. The molecule has 2 aromatic carbocycles. The minimum Gasteiger partial charge on any atom is -0.466 e. The Kier molecular flexibility index (Phi) is 10.1. The first-order valence-electron chi connectivity index (χ1n) is 13.6. The Morgan fingerprint density at radius 1 is 0.974 bits per heavy atom. The van der Waals surface area contributed by atoms with Gasteiger partial charge in [0, 0.05) is 49.8 Å². The van der Waals surface area contributed by atoms with E-state index in [1.54, 1.807) is 25.4 Å². The number of ether oxygens (including phenoxy) is 1. The van der Waals surface area contributed by atoms with E-state index in [0.29, 0.717) is 23.7 Å². The number of rotatable bonds is 11. The standard InChI is InChI=1S/C31H36N4O4/c1-2-39-30(37)13-12-29(36)34-26-10-11-28(27(20-26)31(38)33-22-25-9-6-16-32-21-25)35-17-14-24(15-18-35)19-23-7-4-3-5-8-23/h3-11,16,20-21,24H,2,12-15,17-19,22H2,1H3,(H,33,38)(H,34,36). The van der Waals surface area contributed by atoms with E-state index in [0.717, 1.165) is 43.6 Å². The van der Waals surface area contributed by atoms with Crippen molar-refractivity contribution >= 4 is 29.2 Å². The summed E-state index contributed by atoms with van der Waals surface area (Å²) in [5.74, 6) is -0.333. The largest absolute Gasteiger partial charge is 0.466 e. The number of anilines is 2. The monoisotopic (exact) mass is 528 g/mol. The molecule has 0 unspecified atom stereocenters. The van der Waals surface area contributed by atoms with Crippen LogP contribution in [-0.2, 0) is 27.3 Å². The molecule has 2 heterocycles. The zero-order valence-electron chi connectivity index (χ0n) is 22.4. The van der Waals surface area contributed by atoms with Gasteiger partial charge in [-0.2, -0.15) is 0 Å². The Labute approximate surface area is 229 Å². The molecule has 1 aliphatic rings. The van der Waals surface area contributed by atoms with E-state index in [1.165, 1.54) is 5.56 Å². The molecule has 0 bridgehead atoms. The molecule has 8 heteroatoms. The first-order valence-corrected chi connectivity index (χ1v) is 13.6. The highest BCUT2D eigenvalue weighted by molar-refractivity contribution is 6.02. The van der Waals surface area contributed by atoms with Crippen molar-refractivity contribution < 1.29 is 19.1 Å². The summed E-state index contributed by atoms with van der Waals surface area (Å²) >= 11 is 0. The number of amides is 2. The number of piperidine rings is 1. The predicted octanol–water partition coefficient (Wildman–Crippen LogP) is 4.75. The van der Waals surface area contributed by atoms with E-state index < -0.39 is 5.97 Å². The van der Waals surface area contributed by atoms with Crippen LogP contribution in [0.25, 0.3) is 0 Å². The van der Waals surface area contributed by atoms with Gasteiger partial charge < -0.3 is 20.3 Å². The van der Waals surface area contributed by atoms with Gasteiger partial charge in [-0.3, -0.25) is 19.4 Å². The number of nitrogens with zero attached hydrogens (tertiary/aromatic N) is 2. The summed E-state index contributed by atoms with van der Waals surface area (Å²) in [6.07, 6.45) is 6.57. The van der Waals surface area contributed by atoms with Crippen LogP contribution in [0, 0.1) is 5.92 Å². The quantitative estimate of drug-likeness (QED) is 0.348. The number of hydrogen-bond acceptors (Lipinski definition) is 6. The van der Waals surface area contributed by atoms with Gasteiger partial charge in [0.25, 0.3) is 5.91 Å². The molecule has 1 fully saturated rings. The molecule has 2 amide bonds. The summed E-state index contributed by atoms with van der Waals surface area (Å²) in [5, 5.41) is 5.81. The van der Waals surface area contributed by atoms with E-state index in [4.69, 9.17) is 4.74 Å². The highest BCUT2D eigenvalue weighted by Gasteiger charge is 2.24. The van der Waals surface area contributed by atoms with Crippen LogP contribution in [0.3, 0.4) is 0 Å². The first-order chi connectivity index (χ1) is 19.0. The molecule has 0 radical (unpaired) electrons. The average Bonchev–Trinajstić information content (AvgIpc) is 2.96. The lowest BCUT2D eigenvalue weighted by molar-refractivity contribution is -0.144. The number of pyridine rings is 1. The lowest BCUT2D eigenvalue weighted by Gasteiger charge is -2.35. The zero-order chi connectivity index (χ0) is 27.5. The van der Waals surface area contributed by atoms with Crippen LogP contribution in [0.15, 0.2) is 73.1 Å². The third-order valence-electron chi connectivity index (χ3n) is 6.88. The van der Waals surface area contributed by atoms with Crippen LogP contribution in [0.2, 0.25) is 0 Å².